The van der Waals surface area contributed by atoms with Crippen LogP contribution in [0.2, 0.25) is 0 Å². The summed E-state index contributed by atoms with van der Waals surface area (Å²) in [4.78, 5) is 35.6. The Balaban J connectivity index is 2.41. The van der Waals surface area contributed by atoms with Gasteiger partial charge < -0.3 is 15.3 Å². The van der Waals surface area contributed by atoms with Gasteiger partial charge in [0, 0.05) is 25.3 Å². The van der Waals surface area contributed by atoms with Crippen molar-refractivity contribution in [2.24, 2.45) is 0 Å². The molecule has 0 radical (unpaired) electrons. The van der Waals surface area contributed by atoms with Crippen molar-refractivity contribution >= 4 is 28.9 Å². The molecule has 102 valence electrons. The molecule has 1 atom stereocenters. The molecule has 1 saturated heterocycles. The Morgan fingerprint density at radius 1 is 1.56 bits per heavy atom. The van der Waals surface area contributed by atoms with Gasteiger partial charge >= 0.3 is 5.97 Å². The summed E-state index contributed by atoms with van der Waals surface area (Å²) in [5.41, 5.74) is -1.24. The van der Waals surface area contributed by atoms with Gasteiger partial charge in [-0.1, -0.05) is 18.7 Å². The highest BCUT2D eigenvalue weighted by molar-refractivity contribution is 8.13. The molecule has 0 aliphatic carbocycles. The van der Waals surface area contributed by atoms with Gasteiger partial charge in [-0.25, -0.2) is 4.79 Å². The van der Waals surface area contributed by atoms with Crippen LogP contribution in [0, 0.1) is 0 Å². The zero-order valence-corrected chi connectivity index (χ0v) is 11.4. The number of nitrogens with one attached hydrogen (secondary N) is 1. The van der Waals surface area contributed by atoms with E-state index in [4.69, 9.17) is 5.11 Å². The maximum absolute atomic E-state index is 11.7. The van der Waals surface area contributed by atoms with E-state index in [1.165, 1.54) is 18.7 Å². The van der Waals surface area contributed by atoms with Crippen molar-refractivity contribution in [1.82, 2.24) is 10.2 Å². The second-order valence-corrected chi connectivity index (χ2v) is 5.44. The number of amides is 2. The minimum Gasteiger partial charge on any atom is -0.480 e. The number of carboxylic acid groups (broad SMARTS) is 1. The lowest BCUT2D eigenvalue weighted by Crippen LogP contribution is -2.52. The second-order valence-electron chi connectivity index (χ2n) is 4.39. The Morgan fingerprint density at radius 2 is 2.22 bits per heavy atom. The number of thioether (sulfide) groups is 1. The van der Waals surface area contributed by atoms with E-state index >= 15 is 0 Å². The van der Waals surface area contributed by atoms with Crippen LogP contribution in [0.1, 0.15) is 26.7 Å². The fraction of sp³-hybridized carbons (Fsp3) is 0.727. The lowest BCUT2D eigenvalue weighted by molar-refractivity contribution is -0.147. The van der Waals surface area contributed by atoms with E-state index in [9.17, 15) is 14.4 Å². The van der Waals surface area contributed by atoms with Gasteiger partial charge in [0.25, 0.3) is 5.24 Å². The number of carbonyl (C=O) groups excluding carboxylic acids is 2. The fourth-order valence-electron chi connectivity index (χ4n) is 1.53. The summed E-state index contributed by atoms with van der Waals surface area (Å²) in [5, 5.41) is 11.5. The zero-order chi connectivity index (χ0) is 13.8. The summed E-state index contributed by atoms with van der Waals surface area (Å²) in [6.45, 7) is 4.18. The Hall–Kier alpha value is -1.24. The van der Waals surface area contributed by atoms with Crippen LogP contribution in [0.4, 0.5) is 4.79 Å². The smallest absolute Gasteiger partial charge is 0.329 e. The van der Waals surface area contributed by atoms with E-state index in [1.54, 1.807) is 11.8 Å². The van der Waals surface area contributed by atoms with E-state index in [-0.39, 0.29) is 17.6 Å². The van der Waals surface area contributed by atoms with Gasteiger partial charge in [-0.15, -0.1) is 0 Å². The number of carboxylic acids is 1. The predicted molar refractivity (Wildman–Crippen MR) is 68.5 cm³/mol. The van der Waals surface area contributed by atoms with Crippen LogP contribution < -0.4 is 5.32 Å². The maximum Gasteiger partial charge on any atom is 0.329 e. The highest BCUT2D eigenvalue weighted by Crippen LogP contribution is 2.17. The normalized spacial score (nSPS) is 18.6. The van der Waals surface area contributed by atoms with Gasteiger partial charge in [0.2, 0.25) is 5.91 Å². The van der Waals surface area contributed by atoms with Gasteiger partial charge in [-0.05, 0) is 13.3 Å². The Morgan fingerprint density at radius 3 is 2.67 bits per heavy atom. The second kappa shape index (κ2) is 6.08. The topological polar surface area (TPSA) is 86.7 Å². The molecule has 1 aliphatic heterocycles. The lowest BCUT2D eigenvalue weighted by atomic mass is 9.99. The summed E-state index contributed by atoms with van der Waals surface area (Å²) in [5.74, 6) is -0.639. The summed E-state index contributed by atoms with van der Waals surface area (Å²) < 4.78 is 0. The predicted octanol–water partition coefficient (Wildman–Crippen LogP) is 0.915. The van der Waals surface area contributed by atoms with E-state index in [0.29, 0.717) is 19.5 Å². The van der Waals surface area contributed by atoms with Crippen molar-refractivity contribution in [1.29, 1.82) is 0 Å². The summed E-state index contributed by atoms with van der Waals surface area (Å²) in [6, 6.07) is 0. The molecule has 1 heterocycles. The molecule has 1 rings (SSSR count). The molecule has 2 amide bonds. The van der Waals surface area contributed by atoms with Crippen LogP contribution in [0.3, 0.4) is 0 Å². The molecule has 18 heavy (non-hydrogen) atoms. The molecule has 0 spiro atoms. The van der Waals surface area contributed by atoms with Crippen LogP contribution in [0.15, 0.2) is 0 Å². The van der Waals surface area contributed by atoms with Gasteiger partial charge in [0.1, 0.15) is 5.54 Å². The molecular formula is C11H18N2O4S. The number of hydrogen-bond donors (Lipinski definition) is 2. The first-order valence-electron chi connectivity index (χ1n) is 5.85. The Labute approximate surface area is 110 Å². The minimum atomic E-state index is -1.24. The molecule has 1 fully saturated rings. The standard InChI is InChI=1S/C11H18N2O4S/c1-3-11(2,9(15)16)12-8(14)4-5-13-6-7-18-10(13)17/h3-7H2,1-2H3,(H,12,14)(H,15,16). The molecule has 2 N–H and O–H groups in total. The highest BCUT2D eigenvalue weighted by atomic mass is 32.2. The summed E-state index contributed by atoms with van der Waals surface area (Å²) in [6.07, 6.45) is 0.446. The third kappa shape index (κ3) is 3.63. The maximum atomic E-state index is 11.7. The van der Waals surface area contributed by atoms with E-state index in [1.807, 2.05) is 0 Å². The molecule has 0 saturated carbocycles. The van der Waals surface area contributed by atoms with Crippen LogP contribution >= 0.6 is 11.8 Å². The van der Waals surface area contributed by atoms with Crippen molar-refractivity contribution < 1.29 is 19.5 Å². The van der Waals surface area contributed by atoms with Gasteiger partial charge in [-0.2, -0.15) is 0 Å². The molecule has 1 aliphatic rings. The van der Waals surface area contributed by atoms with Crippen molar-refractivity contribution in [3.05, 3.63) is 0 Å². The molecule has 0 aromatic heterocycles. The minimum absolute atomic E-state index is 0.0145. The highest BCUT2D eigenvalue weighted by Gasteiger charge is 2.32. The Bertz CT molecular complexity index is 361. The number of hydrogen-bond acceptors (Lipinski definition) is 4. The number of aliphatic carboxylic acids is 1. The largest absolute Gasteiger partial charge is 0.480 e. The van der Waals surface area contributed by atoms with Crippen molar-refractivity contribution in [3.8, 4) is 0 Å². The lowest BCUT2D eigenvalue weighted by Gasteiger charge is -2.25. The first-order valence-corrected chi connectivity index (χ1v) is 6.83. The van der Waals surface area contributed by atoms with Crippen LogP contribution in [-0.4, -0.2) is 51.5 Å². The van der Waals surface area contributed by atoms with Crippen LogP contribution in [0.5, 0.6) is 0 Å². The first kappa shape index (κ1) is 14.8. The first-order chi connectivity index (χ1) is 8.39. The van der Waals surface area contributed by atoms with E-state index in [2.05, 4.69) is 5.32 Å². The molecule has 0 bridgehead atoms. The fourth-order valence-corrected chi connectivity index (χ4v) is 2.38. The molecule has 0 aromatic rings. The molecule has 6 nitrogen and oxygen atoms in total. The van der Waals surface area contributed by atoms with Crippen LogP contribution in [-0.2, 0) is 9.59 Å². The molecular weight excluding hydrogens is 256 g/mol. The summed E-state index contributed by atoms with van der Waals surface area (Å²) in [7, 11) is 0. The number of carbonyl (C=O) groups is 3. The van der Waals surface area contributed by atoms with Crippen molar-refractivity contribution in [3.63, 3.8) is 0 Å². The third-order valence-corrected chi connectivity index (χ3v) is 3.94. The average Bonchev–Trinajstić information content (AvgIpc) is 2.72. The van der Waals surface area contributed by atoms with Crippen LogP contribution in [0.25, 0.3) is 0 Å². The monoisotopic (exact) mass is 274 g/mol. The third-order valence-electron chi connectivity index (χ3n) is 3.05. The summed E-state index contributed by atoms with van der Waals surface area (Å²) >= 11 is 1.24. The quantitative estimate of drug-likeness (QED) is 0.752. The van der Waals surface area contributed by atoms with Gasteiger partial charge in [-0.3, -0.25) is 9.59 Å². The van der Waals surface area contributed by atoms with Crippen molar-refractivity contribution in [2.45, 2.75) is 32.2 Å². The van der Waals surface area contributed by atoms with E-state index in [0.717, 1.165) is 5.75 Å². The SMILES string of the molecule is CCC(C)(NC(=O)CCN1CCSC1=O)C(=O)O. The number of nitrogens with zero attached hydrogens (tertiary/aromatic N) is 1. The number of rotatable bonds is 6. The van der Waals surface area contributed by atoms with Crippen molar-refractivity contribution in [2.75, 3.05) is 18.8 Å². The molecule has 1 unspecified atom stereocenters. The molecule has 0 aromatic carbocycles. The van der Waals surface area contributed by atoms with E-state index < -0.39 is 11.5 Å². The zero-order valence-electron chi connectivity index (χ0n) is 10.6. The Kier molecular flexibility index (Phi) is 5.01. The molecule has 7 heteroatoms. The van der Waals surface area contributed by atoms with Gasteiger partial charge in [0.15, 0.2) is 0 Å². The van der Waals surface area contributed by atoms with Gasteiger partial charge in [0.05, 0.1) is 0 Å². The average molecular weight is 274 g/mol.